The molecule has 1 fully saturated rings. The number of fused-ring (bicyclic) bond motifs is 2. The van der Waals surface area contributed by atoms with Gasteiger partial charge >= 0.3 is 0 Å². The lowest BCUT2D eigenvalue weighted by Crippen LogP contribution is -2.41. The van der Waals surface area contributed by atoms with Crippen molar-refractivity contribution in [2.24, 2.45) is 18.7 Å². The summed E-state index contributed by atoms with van der Waals surface area (Å²) in [5, 5.41) is 1.01. The monoisotopic (exact) mass is 490 g/mol. The smallest absolute Gasteiger partial charge is 0.254 e. The van der Waals surface area contributed by atoms with Crippen molar-refractivity contribution in [2.75, 3.05) is 20.8 Å². The Morgan fingerprint density at radius 2 is 1.92 bits per heavy atom. The number of ether oxygens (including phenoxy) is 2. The van der Waals surface area contributed by atoms with Gasteiger partial charge in [-0.1, -0.05) is 13.3 Å². The second kappa shape index (κ2) is 9.13. The standard InChI is InChI=1S/C27H34N6O3/c1-7-16-14-33(15(3)23(16)28)27(34)18-11-19-24(21(13-18)35-5)31(4)26(29-19)20-12-17-9-10-22(36-6)30-25(17)32(20)8-2/h9-13,15-16,23H,7-8,14,28H2,1-6H3/t15?,16-,23?/m1/s1. The summed E-state index contributed by atoms with van der Waals surface area (Å²) in [7, 11) is 5.20. The fraction of sp³-hybridized carbons (Fsp3) is 0.444. The number of hydrogen-bond acceptors (Lipinski definition) is 6. The van der Waals surface area contributed by atoms with Gasteiger partial charge in [-0.15, -0.1) is 0 Å². The van der Waals surface area contributed by atoms with Crippen molar-refractivity contribution in [3.05, 3.63) is 35.9 Å². The van der Waals surface area contributed by atoms with Gasteiger partial charge in [0.25, 0.3) is 5.91 Å². The third kappa shape index (κ3) is 3.61. The Balaban J connectivity index is 1.63. The number of methoxy groups -OCH3 is 2. The molecule has 1 amide bonds. The molecule has 190 valence electrons. The molecule has 1 saturated heterocycles. The molecular weight excluding hydrogens is 456 g/mol. The molecule has 36 heavy (non-hydrogen) atoms. The number of nitrogens with zero attached hydrogens (tertiary/aromatic N) is 5. The summed E-state index contributed by atoms with van der Waals surface area (Å²) in [4.78, 5) is 25.1. The molecule has 1 aromatic carbocycles. The molecule has 5 rings (SSSR count). The van der Waals surface area contributed by atoms with Gasteiger partial charge in [-0.25, -0.2) is 4.98 Å². The number of imidazole rings is 1. The van der Waals surface area contributed by atoms with E-state index < -0.39 is 0 Å². The van der Waals surface area contributed by atoms with Crippen LogP contribution in [0, 0.1) is 5.92 Å². The van der Waals surface area contributed by atoms with Crippen LogP contribution in [0.1, 0.15) is 37.6 Å². The maximum absolute atomic E-state index is 13.6. The lowest BCUT2D eigenvalue weighted by Gasteiger charge is -2.23. The van der Waals surface area contributed by atoms with Crippen molar-refractivity contribution in [3.8, 4) is 23.1 Å². The number of nitrogens with two attached hydrogens (primary N) is 1. The number of pyridine rings is 1. The minimum atomic E-state index is -0.0414. The molecule has 0 bridgehead atoms. The summed E-state index contributed by atoms with van der Waals surface area (Å²) in [6, 6.07) is 9.58. The van der Waals surface area contributed by atoms with Gasteiger partial charge in [0.15, 0.2) is 5.82 Å². The molecule has 4 aromatic rings. The Bertz CT molecular complexity index is 1460. The highest BCUT2D eigenvalue weighted by Crippen LogP contribution is 2.35. The topological polar surface area (TPSA) is 100 Å². The third-order valence-corrected chi connectivity index (χ3v) is 7.68. The van der Waals surface area contributed by atoms with E-state index in [0.29, 0.717) is 35.2 Å². The Morgan fingerprint density at radius 3 is 2.56 bits per heavy atom. The highest BCUT2D eigenvalue weighted by atomic mass is 16.5. The van der Waals surface area contributed by atoms with Crippen molar-refractivity contribution in [1.29, 1.82) is 0 Å². The molecule has 0 saturated carbocycles. The van der Waals surface area contributed by atoms with Crippen LogP contribution < -0.4 is 15.2 Å². The zero-order chi connectivity index (χ0) is 25.7. The van der Waals surface area contributed by atoms with Gasteiger partial charge in [-0.2, -0.15) is 4.98 Å². The summed E-state index contributed by atoms with van der Waals surface area (Å²) >= 11 is 0. The molecule has 0 spiro atoms. The van der Waals surface area contributed by atoms with Gasteiger partial charge in [0.2, 0.25) is 5.88 Å². The normalized spacial score (nSPS) is 20.0. The molecule has 3 atom stereocenters. The number of rotatable bonds is 6. The van der Waals surface area contributed by atoms with Crippen LogP contribution in [0.3, 0.4) is 0 Å². The van der Waals surface area contributed by atoms with Crippen LogP contribution in [0.25, 0.3) is 33.6 Å². The van der Waals surface area contributed by atoms with E-state index in [-0.39, 0.29) is 18.0 Å². The second-order valence-corrected chi connectivity index (χ2v) is 9.52. The van der Waals surface area contributed by atoms with Crippen LogP contribution in [-0.4, -0.2) is 62.8 Å². The van der Waals surface area contributed by atoms with Crippen molar-refractivity contribution >= 4 is 28.0 Å². The van der Waals surface area contributed by atoms with Crippen molar-refractivity contribution in [2.45, 2.75) is 45.8 Å². The summed E-state index contributed by atoms with van der Waals surface area (Å²) in [6.45, 7) is 7.61. The zero-order valence-electron chi connectivity index (χ0n) is 21.8. The number of amides is 1. The average molecular weight is 491 g/mol. The zero-order valence-corrected chi connectivity index (χ0v) is 21.8. The third-order valence-electron chi connectivity index (χ3n) is 7.68. The van der Waals surface area contributed by atoms with Crippen molar-refractivity contribution in [1.82, 2.24) is 24.0 Å². The van der Waals surface area contributed by atoms with Gasteiger partial charge in [-0.05, 0) is 44.0 Å². The van der Waals surface area contributed by atoms with E-state index in [9.17, 15) is 4.79 Å². The lowest BCUT2D eigenvalue weighted by atomic mass is 9.98. The molecule has 3 aromatic heterocycles. The minimum absolute atomic E-state index is 0.0192. The van der Waals surface area contributed by atoms with Gasteiger partial charge < -0.3 is 29.2 Å². The van der Waals surface area contributed by atoms with Gasteiger partial charge in [0.05, 0.1) is 25.4 Å². The summed E-state index contributed by atoms with van der Waals surface area (Å²) < 4.78 is 15.2. The first kappa shape index (κ1) is 24.1. The first-order valence-corrected chi connectivity index (χ1v) is 12.5. The molecule has 9 heteroatoms. The van der Waals surface area contributed by atoms with E-state index in [1.54, 1.807) is 14.2 Å². The van der Waals surface area contributed by atoms with Crippen LogP contribution in [0.5, 0.6) is 11.6 Å². The summed E-state index contributed by atoms with van der Waals surface area (Å²) in [5.74, 6) is 2.21. The number of aryl methyl sites for hydroxylation is 2. The number of carbonyl (C=O) groups is 1. The lowest BCUT2D eigenvalue weighted by molar-refractivity contribution is 0.0739. The number of carbonyl (C=O) groups excluding carboxylic acids is 1. The van der Waals surface area contributed by atoms with Crippen molar-refractivity contribution in [3.63, 3.8) is 0 Å². The van der Waals surface area contributed by atoms with Crippen LogP contribution in [-0.2, 0) is 13.6 Å². The maximum atomic E-state index is 13.6. The summed E-state index contributed by atoms with van der Waals surface area (Å²) in [5.41, 5.74) is 10.3. The van der Waals surface area contributed by atoms with E-state index in [1.165, 1.54) is 0 Å². The first-order valence-electron chi connectivity index (χ1n) is 12.5. The van der Waals surface area contributed by atoms with Gasteiger partial charge in [0.1, 0.15) is 16.9 Å². The minimum Gasteiger partial charge on any atom is -0.494 e. The van der Waals surface area contributed by atoms with Crippen LogP contribution in [0.2, 0.25) is 0 Å². The Morgan fingerprint density at radius 1 is 1.14 bits per heavy atom. The highest BCUT2D eigenvalue weighted by Gasteiger charge is 2.38. The van der Waals surface area contributed by atoms with Gasteiger partial charge in [0, 0.05) is 49.2 Å². The van der Waals surface area contributed by atoms with Crippen LogP contribution >= 0.6 is 0 Å². The van der Waals surface area contributed by atoms with E-state index in [0.717, 1.165) is 41.0 Å². The quantitative estimate of drug-likeness (QED) is 0.441. The van der Waals surface area contributed by atoms with Gasteiger partial charge in [-0.3, -0.25) is 4.79 Å². The Kier molecular flexibility index (Phi) is 6.12. The van der Waals surface area contributed by atoms with Crippen molar-refractivity contribution < 1.29 is 14.3 Å². The van der Waals surface area contributed by atoms with E-state index in [2.05, 4.69) is 29.5 Å². The highest BCUT2D eigenvalue weighted by molar-refractivity contribution is 6.00. The Labute approximate surface area is 210 Å². The van der Waals surface area contributed by atoms with E-state index in [4.69, 9.17) is 20.2 Å². The molecule has 2 N–H and O–H groups in total. The number of hydrogen-bond donors (Lipinski definition) is 1. The van der Waals surface area contributed by atoms with E-state index >= 15 is 0 Å². The predicted octanol–water partition coefficient (Wildman–Crippen LogP) is 3.82. The first-order chi connectivity index (χ1) is 17.3. The fourth-order valence-corrected chi connectivity index (χ4v) is 5.52. The predicted molar refractivity (Wildman–Crippen MR) is 140 cm³/mol. The SMILES string of the molecule is CC[C@@H]1CN(C(=O)c2cc(OC)c3c(c2)nc(-c2cc4ccc(OC)nc4n2CC)n3C)C(C)C1N. The average Bonchev–Trinajstić information content (AvgIpc) is 3.53. The number of benzene rings is 1. The molecule has 1 aliphatic rings. The van der Waals surface area contributed by atoms with Crippen LogP contribution in [0.15, 0.2) is 30.3 Å². The molecule has 1 aliphatic heterocycles. The molecule has 0 radical (unpaired) electrons. The molecule has 4 heterocycles. The number of likely N-dealkylation sites (tertiary alicyclic amines) is 1. The number of aromatic nitrogens is 4. The largest absolute Gasteiger partial charge is 0.494 e. The summed E-state index contributed by atoms with van der Waals surface area (Å²) in [6.07, 6.45) is 0.952. The fourth-order valence-electron chi connectivity index (χ4n) is 5.52. The Hall–Kier alpha value is -3.59. The molecular formula is C27H34N6O3. The molecule has 0 aliphatic carbocycles. The second-order valence-electron chi connectivity index (χ2n) is 9.52. The van der Waals surface area contributed by atoms with E-state index in [1.807, 2.05) is 47.7 Å². The van der Waals surface area contributed by atoms with Crippen LogP contribution in [0.4, 0.5) is 0 Å². The maximum Gasteiger partial charge on any atom is 0.254 e. The molecule has 9 nitrogen and oxygen atoms in total. The molecule has 2 unspecified atom stereocenters.